The Morgan fingerprint density at radius 1 is 1.00 bits per heavy atom. The molecule has 0 saturated heterocycles. The topological polar surface area (TPSA) is 88.8 Å². The Morgan fingerprint density at radius 2 is 1.67 bits per heavy atom. The van der Waals surface area contributed by atoms with Gasteiger partial charge in [0.1, 0.15) is 6.20 Å². The third-order valence-corrected chi connectivity index (χ3v) is 4.08. The SMILES string of the molecule is NS(=O)(=O)c1ccccc1-c1[c]n[nH]c1-c1ccccc1. The Bertz CT molecular complexity index is 871. The summed E-state index contributed by atoms with van der Waals surface area (Å²) in [7, 11) is -3.82. The lowest BCUT2D eigenvalue weighted by Gasteiger charge is -2.08. The molecule has 1 heterocycles. The molecule has 0 unspecified atom stereocenters. The monoisotopic (exact) mass is 298 g/mol. The van der Waals surface area contributed by atoms with Crippen LogP contribution < -0.4 is 5.14 Å². The van der Waals surface area contributed by atoms with Crippen molar-refractivity contribution < 1.29 is 8.42 Å². The lowest BCUT2D eigenvalue weighted by molar-refractivity contribution is 0.598. The van der Waals surface area contributed by atoms with Crippen molar-refractivity contribution in [3.8, 4) is 22.4 Å². The number of H-pyrrole nitrogens is 1. The van der Waals surface area contributed by atoms with E-state index in [-0.39, 0.29) is 4.90 Å². The Morgan fingerprint density at radius 3 is 2.38 bits per heavy atom. The fourth-order valence-electron chi connectivity index (χ4n) is 2.18. The number of primary sulfonamides is 1. The number of hydrogen-bond donors (Lipinski definition) is 2. The van der Waals surface area contributed by atoms with Crippen LogP contribution in [-0.2, 0) is 10.0 Å². The van der Waals surface area contributed by atoms with Crippen molar-refractivity contribution in [2.24, 2.45) is 5.14 Å². The summed E-state index contributed by atoms with van der Waals surface area (Å²) in [6.45, 7) is 0. The van der Waals surface area contributed by atoms with Crippen LogP contribution in [0.4, 0.5) is 0 Å². The number of benzene rings is 2. The smallest absolute Gasteiger partial charge is 0.238 e. The largest absolute Gasteiger partial charge is 0.277 e. The average molecular weight is 298 g/mol. The van der Waals surface area contributed by atoms with Crippen LogP contribution in [0.15, 0.2) is 59.5 Å². The van der Waals surface area contributed by atoms with Crippen molar-refractivity contribution in [3.05, 3.63) is 60.8 Å². The third kappa shape index (κ3) is 2.58. The standard InChI is InChI=1S/C15H12N3O2S/c16-21(19,20)14-9-5-4-8-12(14)13-10-17-18-15(13)11-6-2-1-3-7-11/h1-9H,(H,17,18)(H2,16,19,20). The molecular formula is C15H12N3O2S. The molecule has 1 radical (unpaired) electrons. The van der Waals surface area contributed by atoms with Crippen LogP contribution in [-0.4, -0.2) is 18.6 Å². The number of sulfonamides is 1. The maximum atomic E-state index is 11.7. The molecule has 0 saturated carbocycles. The molecule has 0 spiro atoms. The molecule has 0 aliphatic rings. The molecule has 0 aliphatic carbocycles. The van der Waals surface area contributed by atoms with Gasteiger partial charge in [-0.25, -0.2) is 13.6 Å². The highest BCUT2D eigenvalue weighted by Crippen LogP contribution is 2.33. The Hall–Kier alpha value is -2.44. The number of hydrogen-bond acceptors (Lipinski definition) is 3. The predicted molar refractivity (Wildman–Crippen MR) is 79.7 cm³/mol. The zero-order chi connectivity index (χ0) is 14.9. The van der Waals surface area contributed by atoms with E-state index in [4.69, 9.17) is 5.14 Å². The van der Waals surface area contributed by atoms with Crippen molar-refractivity contribution in [1.29, 1.82) is 0 Å². The van der Waals surface area contributed by atoms with E-state index in [0.717, 1.165) is 5.56 Å². The van der Waals surface area contributed by atoms with Gasteiger partial charge in [0.25, 0.3) is 0 Å². The Labute approximate surface area is 122 Å². The van der Waals surface area contributed by atoms with E-state index in [1.54, 1.807) is 18.2 Å². The Kier molecular flexibility index (Phi) is 3.32. The molecule has 2 aromatic carbocycles. The highest BCUT2D eigenvalue weighted by atomic mass is 32.2. The minimum Gasteiger partial charge on any atom is -0.277 e. The molecule has 0 amide bonds. The molecule has 6 heteroatoms. The van der Waals surface area contributed by atoms with Crippen LogP contribution in [0, 0.1) is 6.20 Å². The van der Waals surface area contributed by atoms with Crippen molar-refractivity contribution in [3.63, 3.8) is 0 Å². The van der Waals surface area contributed by atoms with Crippen molar-refractivity contribution in [2.75, 3.05) is 0 Å². The predicted octanol–water partition coefficient (Wildman–Crippen LogP) is 2.19. The van der Waals surface area contributed by atoms with Crippen molar-refractivity contribution >= 4 is 10.0 Å². The van der Waals surface area contributed by atoms with Gasteiger partial charge in [-0.05, 0) is 6.07 Å². The first-order chi connectivity index (χ1) is 10.1. The summed E-state index contributed by atoms with van der Waals surface area (Å²) in [6, 6.07) is 16.0. The second-order valence-electron chi connectivity index (χ2n) is 4.49. The molecule has 3 N–H and O–H groups in total. The summed E-state index contributed by atoms with van der Waals surface area (Å²) in [5.74, 6) is 0. The van der Waals surface area contributed by atoms with Gasteiger partial charge in [0.2, 0.25) is 10.0 Å². The minimum atomic E-state index is -3.82. The maximum Gasteiger partial charge on any atom is 0.238 e. The molecule has 105 valence electrons. The fourth-order valence-corrected chi connectivity index (χ4v) is 2.93. The molecule has 21 heavy (non-hydrogen) atoms. The number of nitrogens with one attached hydrogen (secondary N) is 1. The minimum absolute atomic E-state index is 0.0554. The van der Waals surface area contributed by atoms with Gasteiger partial charge in [0.05, 0.1) is 10.6 Å². The van der Waals surface area contributed by atoms with Crippen molar-refractivity contribution in [2.45, 2.75) is 4.90 Å². The molecule has 5 nitrogen and oxygen atoms in total. The third-order valence-electron chi connectivity index (χ3n) is 3.11. The van der Waals surface area contributed by atoms with Gasteiger partial charge >= 0.3 is 0 Å². The fraction of sp³-hybridized carbons (Fsp3) is 0. The van der Waals surface area contributed by atoms with Gasteiger partial charge < -0.3 is 0 Å². The lowest BCUT2D eigenvalue weighted by Crippen LogP contribution is -2.13. The van der Waals surface area contributed by atoms with Crippen LogP contribution >= 0.6 is 0 Å². The van der Waals surface area contributed by atoms with Crippen LogP contribution in [0.1, 0.15) is 0 Å². The van der Waals surface area contributed by atoms with E-state index in [1.165, 1.54) is 6.07 Å². The number of aromatic nitrogens is 2. The Balaban J connectivity index is 2.23. The van der Waals surface area contributed by atoms with Crippen molar-refractivity contribution in [1.82, 2.24) is 10.2 Å². The van der Waals surface area contributed by atoms with Gasteiger partial charge in [-0.15, -0.1) is 0 Å². The quantitative estimate of drug-likeness (QED) is 0.776. The normalized spacial score (nSPS) is 11.5. The lowest BCUT2D eigenvalue weighted by atomic mass is 10.0. The first kappa shape index (κ1) is 13.5. The molecular weight excluding hydrogens is 286 g/mol. The summed E-state index contributed by atoms with van der Waals surface area (Å²) in [5, 5.41) is 12.1. The zero-order valence-electron chi connectivity index (χ0n) is 10.9. The summed E-state index contributed by atoms with van der Waals surface area (Å²) < 4.78 is 23.5. The maximum absolute atomic E-state index is 11.7. The average Bonchev–Trinajstić information content (AvgIpc) is 2.96. The summed E-state index contributed by atoms with van der Waals surface area (Å²) in [5.41, 5.74) is 2.65. The summed E-state index contributed by atoms with van der Waals surface area (Å²) >= 11 is 0. The molecule has 0 fully saturated rings. The number of aromatic amines is 1. The molecule has 1 aromatic heterocycles. The number of rotatable bonds is 3. The molecule has 0 atom stereocenters. The highest BCUT2D eigenvalue weighted by Gasteiger charge is 2.18. The first-order valence-electron chi connectivity index (χ1n) is 6.21. The van der Waals surface area contributed by atoms with Crippen LogP contribution in [0.5, 0.6) is 0 Å². The van der Waals surface area contributed by atoms with E-state index >= 15 is 0 Å². The summed E-state index contributed by atoms with van der Waals surface area (Å²) in [4.78, 5) is 0.0554. The van der Waals surface area contributed by atoms with Gasteiger partial charge in [-0.1, -0.05) is 48.5 Å². The van der Waals surface area contributed by atoms with Crippen LogP contribution in [0.2, 0.25) is 0 Å². The number of nitrogens with two attached hydrogens (primary N) is 1. The van der Waals surface area contributed by atoms with E-state index in [1.807, 2.05) is 30.3 Å². The first-order valence-corrected chi connectivity index (χ1v) is 7.75. The molecule has 3 rings (SSSR count). The van der Waals surface area contributed by atoms with E-state index in [0.29, 0.717) is 16.8 Å². The van der Waals surface area contributed by atoms with E-state index < -0.39 is 10.0 Å². The number of nitrogens with zero attached hydrogens (tertiary/aromatic N) is 1. The van der Waals surface area contributed by atoms with Crippen LogP contribution in [0.25, 0.3) is 22.4 Å². The zero-order valence-corrected chi connectivity index (χ0v) is 11.8. The highest BCUT2D eigenvalue weighted by molar-refractivity contribution is 7.89. The van der Waals surface area contributed by atoms with E-state index in [9.17, 15) is 8.42 Å². The van der Waals surface area contributed by atoms with Gasteiger partial charge in [-0.2, -0.15) is 5.10 Å². The second-order valence-corrected chi connectivity index (χ2v) is 6.02. The van der Waals surface area contributed by atoms with Gasteiger partial charge in [-0.3, -0.25) is 5.10 Å². The molecule has 0 bridgehead atoms. The van der Waals surface area contributed by atoms with Gasteiger partial charge in [0.15, 0.2) is 0 Å². The van der Waals surface area contributed by atoms with Crippen LogP contribution in [0.3, 0.4) is 0 Å². The second kappa shape index (κ2) is 5.16. The van der Waals surface area contributed by atoms with E-state index in [2.05, 4.69) is 16.4 Å². The molecule has 0 aliphatic heterocycles. The summed E-state index contributed by atoms with van der Waals surface area (Å²) in [6.07, 6.45) is 2.81. The molecule has 3 aromatic rings. The van der Waals surface area contributed by atoms with Gasteiger partial charge in [0, 0.05) is 16.7 Å².